The second-order valence-electron chi connectivity index (χ2n) is 6.21. The van der Waals surface area contributed by atoms with Gasteiger partial charge in [-0.15, -0.1) is 0 Å². The maximum Gasteiger partial charge on any atom is 0.340 e. The third-order valence-electron chi connectivity index (χ3n) is 3.12. The van der Waals surface area contributed by atoms with Crippen molar-refractivity contribution in [2.24, 2.45) is 0 Å². The van der Waals surface area contributed by atoms with E-state index in [1.165, 1.54) is 5.56 Å². The fourth-order valence-corrected chi connectivity index (χ4v) is 2.13. The topological polar surface area (TPSA) is 38.3 Å². The summed E-state index contributed by atoms with van der Waals surface area (Å²) < 4.78 is 5.45. The van der Waals surface area contributed by atoms with Gasteiger partial charge in [0.25, 0.3) is 0 Å². The van der Waals surface area contributed by atoms with Crippen LogP contribution in [0.1, 0.15) is 36.7 Å². The summed E-state index contributed by atoms with van der Waals surface area (Å²) in [6.45, 7) is 6.38. The quantitative estimate of drug-likeness (QED) is 0.836. The normalized spacial score (nSPS) is 11.0. The highest BCUT2D eigenvalue weighted by molar-refractivity contribution is 5.95. The van der Waals surface area contributed by atoms with E-state index in [0.29, 0.717) is 5.56 Å². The Morgan fingerprint density at radius 1 is 1.00 bits per heavy atom. The first-order valence-electron chi connectivity index (χ1n) is 7.56. The van der Waals surface area contributed by atoms with Crippen LogP contribution in [0.5, 0.6) is 0 Å². The first-order chi connectivity index (χ1) is 10.5. The molecule has 2 rings (SSSR count). The second-order valence-corrected chi connectivity index (χ2v) is 6.21. The number of carbonyl (C=O) groups excluding carboxylic acids is 1. The second kappa shape index (κ2) is 7.12. The summed E-state index contributed by atoms with van der Waals surface area (Å²) >= 11 is 0. The average molecular weight is 297 g/mol. The number of hydrogen-bond acceptors (Lipinski definition) is 3. The molecule has 0 unspecified atom stereocenters. The van der Waals surface area contributed by atoms with Crippen LogP contribution in [0, 0.1) is 0 Å². The summed E-state index contributed by atoms with van der Waals surface area (Å²) in [5.74, 6) is -0.296. The molecule has 3 heteroatoms. The summed E-state index contributed by atoms with van der Waals surface area (Å²) in [4.78, 5) is 12.3. The van der Waals surface area contributed by atoms with Crippen LogP contribution in [-0.2, 0) is 11.2 Å². The molecular weight excluding hydrogens is 274 g/mol. The van der Waals surface area contributed by atoms with Gasteiger partial charge in [0.15, 0.2) is 0 Å². The van der Waals surface area contributed by atoms with E-state index in [4.69, 9.17) is 4.74 Å². The van der Waals surface area contributed by atoms with Crippen molar-refractivity contribution in [3.8, 4) is 0 Å². The van der Waals surface area contributed by atoms with Gasteiger partial charge in [0.1, 0.15) is 5.60 Å². The van der Waals surface area contributed by atoms with Crippen molar-refractivity contribution in [1.82, 2.24) is 0 Å². The van der Waals surface area contributed by atoms with E-state index in [0.717, 1.165) is 18.7 Å². The first kappa shape index (κ1) is 16.1. The number of carbonyl (C=O) groups is 1. The number of anilines is 1. The van der Waals surface area contributed by atoms with Crippen molar-refractivity contribution in [3.05, 3.63) is 65.7 Å². The van der Waals surface area contributed by atoms with Gasteiger partial charge in [-0.2, -0.15) is 0 Å². The van der Waals surface area contributed by atoms with Crippen LogP contribution >= 0.6 is 0 Å². The van der Waals surface area contributed by atoms with Crippen molar-refractivity contribution in [2.75, 3.05) is 11.9 Å². The Hall–Kier alpha value is -2.29. The predicted molar refractivity (Wildman–Crippen MR) is 90.2 cm³/mol. The van der Waals surface area contributed by atoms with E-state index in [-0.39, 0.29) is 5.97 Å². The van der Waals surface area contributed by atoms with Gasteiger partial charge < -0.3 is 10.1 Å². The highest BCUT2D eigenvalue weighted by atomic mass is 16.6. The number of esters is 1. The molecule has 0 spiro atoms. The predicted octanol–water partition coefficient (Wildman–Crippen LogP) is 4.30. The molecule has 2 aromatic carbocycles. The summed E-state index contributed by atoms with van der Waals surface area (Å²) in [6, 6.07) is 17.7. The fraction of sp³-hybridized carbons (Fsp3) is 0.316. The standard InChI is InChI=1S/C19H23NO2/c1-19(2,3)22-18(21)16-11-7-8-12-17(16)20-14-13-15-9-5-4-6-10-15/h4-12,20H,13-14H2,1-3H3. The number of ether oxygens (including phenoxy) is 1. The van der Waals surface area contributed by atoms with Gasteiger partial charge >= 0.3 is 5.97 Å². The van der Waals surface area contributed by atoms with Gasteiger partial charge in [0.2, 0.25) is 0 Å². The van der Waals surface area contributed by atoms with Crippen LogP contribution in [0.4, 0.5) is 5.69 Å². The van der Waals surface area contributed by atoms with Crippen molar-refractivity contribution in [2.45, 2.75) is 32.8 Å². The van der Waals surface area contributed by atoms with Gasteiger partial charge in [0, 0.05) is 12.2 Å². The fourth-order valence-electron chi connectivity index (χ4n) is 2.13. The zero-order chi connectivity index (χ0) is 16.0. The van der Waals surface area contributed by atoms with Crippen molar-refractivity contribution >= 4 is 11.7 Å². The molecule has 22 heavy (non-hydrogen) atoms. The molecule has 0 aliphatic heterocycles. The zero-order valence-electron chi connectivity index (χ0n) is 13.4. The molecule has 0 saturated carbocycles. The lowest BCUT2D eigenvalue weighted by atomic mass is 10.1. The molecule has 0 atom stereocenters. The van der Waals surface area contributed by atoms with Crippen LogP contribution in [0.3, 0.4) is 0 Å². The van der Waals surface area contributed by atoms with Crippen LogP contribution in [0.15, 0.2) is 54.6 Å². The molecule has 0 radical (unpaired) electrons. The van der Waals surface area contributed by atoms with Gasteiger partial charge in [-0.1, -0.05) is 42.5 Å². The molecule has 0 aliphatic carbocycles. The summed E-state index contributed by atoms with van der Waals surface area (Å²) in [5.41, 5.74) is 2.16. The summed E-state index contributed by atoms with van der Waals surface area (Å²) in [7, 11) is 0. The van der Waals surface area contributed by atoms with E-state index in [1.54, 1.807) is 6.07 Å². The highest BCUT2D eigenvalue weighted by Gasteiger charge is 2.19. The molecule has 0 amide bonds. The minimum atomic E-state index is -0.492. The van der Waals surface area contributed by atoms with Crippen LogP contribution < -0.4 is 5.32 Å². The molecule has 3 nitrogen and oxygen atoms in total. The lowest BCUT2D eigenvalue weighted by Gasteiger charge is -2.20. The Labute approximate surface area is 132 Å². The lowest BCUT2D eigenvalue weighted by Crippen LogP contribution is -2.24. The molecule has 0 bridgehead atoms. The van der Waals surface area contributed by atoms with Gasteiger partial charge in [0.05, 0.1) is 5.56 Å². The van der Waals surface area contributed by atoms with Crippen LogP contribution in [-0.4, -0.2) is 18.1 Å². The SMILES string of the molecule is CC(C)(C)OC(=O)c1ccccc1NCCc1ccccc1. The van der Waals surface area contributed by atoms with E-state index in [2.05, 4.69) is 17.4 Å². The third-order valence-corrected chi connectivity index (χ3v) is 3.12. The smallest absolute Gasteiger partial charge is 0.340 e. The molecule has 116 valence electrons. The number of rotatable bonds is 5. The number of nitrogens with one attached hydrogen (secondary N) is 1. The van der Waals surface area contributed by atoms with E-state index in [1.807, 2.05) is 57.2 Å². The highest BCUT2D eigenvalue weighted by Crippen LogP contribution is 2.19. The lowest BCUT2D eigenvalue weighted by molar-refractivity contribution is 0.00707. The number of para-hydroxylation sites is 1. The maximum absolute atomic E-state index is 12.3. The minimum absolute atomic E-state index is 0.296. The van der Waals surface area contributed by atoms with E-state index >= 15 is 0 Å². The van der Waals surface area contributed by atoms with Crippen molar-refractivity contribution in [3.63, 3.8) is 0 Å². The molecule has 0 heterocycles. The van der Waals surface area contributed by atoms with Crippen molar-refractivity contribution < 1.29 is 9.53 Å². The maximum atomic E-state index is 12.3. The molecule has 0 aromatic heterocycles. The van der Waals surface area contributed by atoms with Crippen molar-refractivity contribution in [1.29, 1.82) is 0 Å². The zero-order valence-corrected chi connectivity index (χ0v) is 13.4. The molecule has 0 fully saturated rings. The molecule has 2 aromatic rings. The van der Waals surface area contributed by atoms with Gasteiger partial charge in [-0.25, -0.2) is 4.79 Å². The Kier molecular flexibility index (Phi) is 5.21. The Balaban J connectivity index is 2.01. The van der Waals surface area contributed by atoms with E-state index < -0.39 is 5.60 Å². The number of benzene rings is 2. The Morgan fingerprint density at radius 2 is 1.64 bits per heavy atom. The summed E-state index contributed by atoms with van der Waals surface area (Å²) in [6.07, 6.45) is 0.906. The minimum Gasteiger partial charge on any atom is -0.456 e. The summed E-state index contributed by atoms with van der Waals surface area (Å²) in [5, 5.41) is 3.33. The van der Waals surface area contributed by atoms with Gasteiger partial charge in [-0.05, 0) is 44.9 Å². The molecule has 0 aliphatic rings. The van der Waals surface area contributed by atoms with E-state index in [9.17, 15) is 4.79 Å². The Morgan fingerprint density at radius 3 is 2.32 bits per heavy atom. The van der Waals surface area contributed by atoms with Crippen LogP contribution in [0.2, 0.25) is 0 Å². The Bertz CT molecular complexity index is 615. The monoisotopic (exact) mass is 297 g/mol. The first-order valence-corrected chi connectivity index (χ1v) is 7.56. The molecule has 0 saturated heterocycles. The van der Waals surface area contributed by atoms with Gasteiger partial charge in [-0.3, -0.25) is 0 Å². The molecular formula is C19H23NO2. The molecule has 1 N–H and O–H groups in total. The third kappa shape index (κ3) is 4.92. The average Bonchev–Trinajstić information content (AvgIpc) is 2.47. The largest absolute Gasteiger partial charge is 0.456 e. The number of hydrogen-bond donors (Lipinski definition) is 1. The van der Waals surface area contributed by atoms with Crippen LogP contribution in [0.25, 0.3) is 0 Å².